The number of hydrogen-bond acceptors (Lipinski definition) is 2. The quantitative estimate of drug-likeness (QED) is 0.853. The summed E-state index contributed by atoms with van der Waals surface area (Å²) in [5.74, 6) is 0. The molecule has 1 aromatic heterocycles. The van der Waals surface area contributed by atoms with E-state index in [1.165, 1.54) is 22.4 Å². The smallest absolute Gasteiger partial charge is 0.0539 e. The van der Waals surface area contributed by atoms with E-state index in [-0.39, 0.29) is 0 Å². The van der Waals surface area contributed by atoms with Crippen molar-refractivity contribution in [3.05, 3.63) is 47.3 Å². The maximum Gasteiger partial charge on any atom is 0.0539 e. The predicted molar refractivity (Wildman–Crippen MR) is 80.4 cm³/mol. The Kier molecular flexibility index (Phi) is 4.61. The first-order valence-electron chi connectivity index (χ1n) is 7.08. The first kappa shape index (κ1) is 13.7. The molecule has 0 fully saturated rings. The van der Waals surface area contributed by atoms with Crippen molar-refractivity contribution in [2.24, 2.45) is 0 Å². The van der Waals surface area contributed by atoms with Crippen LogP contribution in [0, 0.1) is 6.92 Å². The highest BCUT2D eigenvalue weighted by molar-refractivity contribution is 5.57. The minimum atomic E-state index is 0.835. The number of para-hydroxylation sites is 1. The number of aryl methyl sites for hydroxylation is 3. The van der Waals surface area contributed by atoms with Gasteiger partial charge in [-0.2, -0.15) is 5.10 Å². The molecule has 0 unspecified atom stereocenters. The minimum Gasteiger partial charge on any atom is -0.380 e. The van der Waals surface area contributed by atoms with Crippen LogP contribution in [0.4, 0.5) is 5.69 Å². The first-order chi connectivity index (χ1) is 9.24. The van der Waals surface area contributed by atoms with Crippen LogP contribution in [-0.2, 0) is 19.5 Å². The molecule has 0 aliphatic rings. The highest BCUT2D eigenvalue weighted by Crippen LogP contribution is 2.21. The second-order valence-corrected chi connectivity index (χ2v) is 4.93. The summed E-state index contributed by atoms with van der Waals surface area (Å²) in [5, 5.41) is 7.91. The third kappa shape index (κ3) is 3.37. The Morgan fingerprint density at radius 3 is 2.84 bits per heavy atom. The van der Waals surface area contributed by atoms with Crippen LogP contribution in [0.5, 0.6) is 0 Å². The van der Waals surface area contributed by atoms with Crippen LogP contribution < -0.4 is 5.32 Å². The number of nitrogens with zero attached hydrogens (tertiary/aromatic N) is 2. The van der Waals surface area contributed by atoms with Crippen molar-refractivity contribution in [2.45, 2.75) is 46.7 Å². The van der Waals surface area contributed by atoms with Gasteiger partial charge >= 0.3 is 0 Å². The summed E-state index contributed by atoms with van der Waals surface area (Å²) in [6, 6.07) is 6.47. The number of benzene rings is 1. The summed E-state index contributed by atoms with van der Waals surface area (Å²) in [6.45, 7) is 8.34. The molecule has 0 spiro atoms. The molecule has 0 saturated heterocycles. The molecule has 2 aromatic rings. The Morgan fingerprint density at radius 2 is 2.11 bits per heavy atom. The zero-order valence-corrected chi connectivity index (χ0v) is 12.1. The number of anilines is 1. The number of nitrogens with one attached hydrogen (secondary N) is 1. The summed E-state index contributed by atoms with van der Waals surface area (Å²) in [6.07, 6.45) is 6.25. The lowest BCUT2D eigenvalue weighted by Gasteiger charge is -2.13. The van der Waals surface area contributed by atoms with Gasteiger partial charge in [0.25, 0.3) is 0 Å². The van der Waals surface area contributed by atoms with Crippen molar-refractivity contribution in [3.8, 4) is 0 Å². The number of rotatable bonds is 6. The third-order valence-corrected chi connectivity index (χ3v) is 3.35. The molecule has 0 atom stereocenters. The molecule has 0 amide bonds. The van der Waals surface area contributed by atoms with E-state index in [0.29, 0.717) is 0 Å². The van der Waals surface area contributed by atoms with Gasteiger partial charge in [-0.25, -0.2) is 0 Å². The molecule has 102 valence electrons. The lowest BCUT2D eigenvalue weighted by Crippen LogP contribution is -2.03. The molecule has 2 rings (SSSR count). The van der Waals surface area contributed by atoms with Crippen LogP contribution >= 0.6 is 0 Å². The first-order valence-corrected chi connectivity index (χ1v) is 7.08. The Hall–Kier alpha value is -1.77. The van der Waals surface area contributed by atoms with Crippen LogP contribution in [0.2, 0.25) is 0 Å². The van der Waals surface area contributed by atoms with Crippen LogP contribution in [0.1, 0.15) is 37.0 Å². The molecule has 19 heavy (non-hydrogen) atoms. The van der Waals surface area contributed by atoms with Crippen molar-refractivity contribution < 1.29 is 0 Å². The highest BCUT2D eigenvalue weighted by Gasteiger charge is 2.04. The second-order valence-electron chi connectivity index (χ2n) is 4.93. The topological polar surface area (TPSA) is 29.9 Å². The van der Waals surface area contributed by atoms with E-state index in [4.69, 9.17) is 0 Å². The van der Waals surface area contributed by atoms with Crippen LogP contribution in [0.15, 0.2) is 30.6 Å². The lowest BCUT2D eigenvalue weighted by molar-refractivity contribution is 0.602. The zero-order chi connectivity index (χ0) is 13.7. The van der Waals surface area contributed by atoms with Crippen molar-refractivity contribution in [1.29, 1.82) is 0 Å². The fourth-order valence-electron chi connectivity index (χ4n) is 2.32. The minimum absolute atomic E-state index is 0.835. The summed E-state index contributed by atoms with van der Waals surface area (Å²) >= 11 is 0. The maximum atomic E-state index is 4.36. The monoisotopic (exact) mass is 257 g/mol. The van der Waals surface area contributed by atoms with Crippen molar-refractivity contribution >= 4 is 5.69 Å². The molecule has 1 heterocycles. The summed E-state index contributed by atoms with van der Waals surface area (Å²) in [4.78, 5) is 0. The molecule has 3 heteroatoms. The highest BCUT2D eigenvalue weighted by atomic mass is 15.3. The molecular formula is C16H23N3. The van der Waals surface area contributed by atoms with Crippen molar-refractivity contribution in [2.75, 3.05) is 5.32 Å². The van der Waals surface area contributed by atoms with E-state index in [1.54, 1.807) is 0 Å². The van der Waals surface area contributed by atoms with Crippen LogP contribution in [0.25, 0.3) is 0 Å². The summed E-state index contributed by atoms with van der Waals surface area (Å²) in [5.41, 5.74) is 5.19. The average molecular weight is 257 g/mol. The molecule has 0 aliphatic carbocycles. The van der Waals surface area contributed by atoms with Crippen molar-refractivity contribution in [3.63, 3.8) is 0 Å². The van der Waals surface area contributed by atoms with Crippen LogP contribution in [0.3, 0.4) is 0 Å². The van der Waals surface area contributed by atoms with Crippen molar-refractivity contribution in [1.82, 2.24) is 9.78 Å². The average Bonchev–Trinajstić information content (AvgIpc) is 2.85. The Balaban J connectivity index is 2.05. The van der Waals surface area contributed by atoms with E-state index in [1.807, 2.05) is 10.9 Å². The Morgan fingerprint density at radius 1 is 1.26 bits per heavy atom. The van der Waals surface area contributed by atoms with E-state index in [0.717, 1.165) is 25.9 Å². The largest absolute Gasteiger partial charge is 0.380 e. The lowest BCUT2D eigenvalue weighted by atomic mass is 10.1. The Bertz CT molecular complexity index is 529. The van der Waals surface area contributed by atoms with Gasteiger partial charge in [-0.15, -0.1) is 0 Å². The van der Waals surface area contributed by atoms with E-state index < -0.39 is 0 Å². The molecule has 0 bridgehead atoms. The van der Waals surface area contributed by atoms with Crippen LogP contribution in [-0.4, -0.2) is 9.78 Å². The molecule has 1 N–H and O–H groups in total. The summed E-state index contributed by atoms with van der Waals surface area (Å²) in [7, 11) is 0. The molecule has 0 aliphatic heterocycles. The predicted octanol–water partition coefficient (Wildman–Crippen LogP) is 3.78. The van der Waals surface area contributed by atoms with Gasteiger partial charge in [-0.05, 0) is 30.9 Å². The third-order valence-electron chi connectivity index (χ3n) is 3.35. The van der Waals surface area contributed by atoms with Gasteiger partial charge in [0.1, 0.15) is 0 Å². The molecule has 1 aromatic carbocycles. The number of hydrogen-bond donors (Lipinski definition) is 1. The molecular weight excluding hydrogens is 234 g/mol. The van der Waals surface area contributed by atoms with E-state index in [9.17, 15) is 0 Å². The molecule has 0 saturated carbocycles. The summed E-state index contributed by atoms with van der Waals surface area (Å²) < 4.78 is 2.01. The fourth-order valence-corrected chi connectivity index (χ4v) is 2.32. The van der Waals surface area contributed by atoms with Gasteiger partial charge in [0, 0.05) is 30.5 Å². The SMILES string of the molecule is CCCn1cc(CNc2c(C)cccc2CC)cn1. The molecule has 3 nitrogen and oxygen atoms in total. The van der Waals surface area contributed by atoms with Gasteiger partial charge in [0.05, 0.1) is 6.20 Å². The normalized spacial score (nSPS) is 10.7. The van der Waals surface area contributed by atoms with Gasteiger partial charge < -0.3 is 5.32 Å². The molecule has 0 radical (unpaired) electrons. The zero-order valence-electron chi connectivity index (χ0n) is 12.1. The Labute approximate surface area is 115 Å². The maximum absolute atomic E-state index is 4.36. The standard InChI is InChI=1S/C16H23N3/c1-4-9-19-12-14(11-18-19)10-17-16-13(3)7-6-8-15(16)5-2/h6-8,11-12,17H,4-5,9-10H2,1-3H3. The van der Waals surface area contributed by atoms with Gasteiger partial charge in [-0.3, -0.25) is 4.68 Å². The fraction of sp³-hybridized carbons (Fsp3) is 0.438. The van der Waals surface area contributed by atoms with E-state index in [2.05, 4.69) is 55.6 Å². The van der Waals surface area contributed by atoms with Gasteiger partial charge in [0.2, 0.25) is 0 Å². The number of aromatic nitrogens is 2. The van der Waals surface area contributed by atoms with Gasteiger partial charge in [-0.1, -0.05) is 32.0 Å². The second kappa shape index (κ2) is 6.41. The van der Waals surface area contributed by atoms with E-state index >= 15 is 0 Å². The van der Waals surface area contributed by atoms with Gasteiger partial charge in [0.15, 0.2) is 0 Å².